The van der Waals surface area contributed by atoms with Crippen molar-refractivity contribution in [2.24, 2.45) is 0 Å². The SMILES string of the molecule is COCc1cccc(N)c1O. The maximum Gasteiger partial charge on any atom is 0.143 e. The summed E-state index contributed by atoms with van der Waals surface area (Å²) in [5, 5.41) is 9.32. The number of benzene rings is 1. The van der Waals surface area contributed by atoms with E-state index in [1.807, 2.05) is 0 Å². The van der Waals surface area contributed by atoms with Gasteiger partial charge in [0.1, 0.15) is 5.75 Å². The third kappa shape index (κ3) is 1.62. The summed E-state index contributed by atoms with van der Waals surface area (Å²) in [6, 6.07) is 5.20. The van der Waals surface area contributed by atoms with E-state index in [1.54, 1.807) is 25.3 Å². The molecule has 0 atom stereocenters. The average molecular weight is 153 g/mol. The van der Waals surface area contributed by atoms with Crippen LogP contribution in [0.5, 0.6) is 5.75 Å². The molecule has 3 nitrogen and oxygen atoms in total. The lowest BCUT2D eigenvalue weighted by atomic mass is 10.2. The summed E-state index contributed by atoms with van der Waals surface area (Å²) < 4.78 is 4.85. The highest BCUT2D eigenvalue weighted by Crippen LogP contribution is 2.24. The summed E-state index contributed by atoms with van der Waals surface area (Å²) in [5.41, 5.74) is 6.55. The molecule has 60 valence electrons. The maximum atomic E-state index is 9.32. The fourth-order valence-corrected chi connectivity index (χ4v) is 0.883. The van der Waals surface area contributed by atoms with Crippen LogP contribution < -0.4 is 5.73 Å². The molecule has 3 N–H and O–H groups in total. The molecule has 0 aliphatic carbocycles. The van der Waals surface area contributed by atoms with Gasteiger partial charge in [0.15, 0.2) is 0 Å². The van der Waals surface area contributed by atoms with E-state index in [1.165, 1.54) is 0 Å². The van der Waals surface area contributed by atoms with Crippen molar-refractivity contribution < 1.29 is 9.84 Å². The second-order valence-electron chi connectivity index (χ2n) is 2.29. The largest absolute Gasteiger partial charge is 0.505 e. The van der Waals surface area contributed by atoms with Gasteiger partial charge in [-0.2, -0.15) is 0 Å². The van der Waals surface area contributed by atoms with Crippen molar-refractivity contribution in [1.82, 2.24) is 0 Å². The number of aromatic hydroxyl groups is 1. The normalized spacial score (nSPS) is 9.91. The van der Waals surface area contributed by atoms with Gasteiger partial charge in [-0.05, 0) is 6.07 Å². The average Bonchev–Trinajstić information content (AvgIpc) is 1.99. The van der Waals surface area contributed by atoms with Gasteiger partial charge in [0.25, 0.3) is 0 Å². The van der Waals surface area contributed by atoms with Gasteiger partial charge in [-0.3, -0.25) is 0 Å². The Labute approximate surface area is 65.4 Å². The summed E-state index contributed by atoms with van der Waals surface area (Å²) in [4.78, 5) is 0. The van der Waals surface area contributed by atoms with Crippen LogP contribution in [0.2, 0.25) is 0 Å². The minimum absolute atomic E-state index is 0.120. The van der Waals surface area contributed by atoms with Gasteiger partial charge < -0.3 is 15.6 Å². The van der Waals surface area contributed by atoms with E-state index < -0.39 is 0 Å². The highest BCUT2D eigenvalue weighted by molar-refractivity contribution is 5.55. The Balaban J connectivity index is 2.96. The quantitative estimate of drug-likeness (QED) is 0.494. The summed E-state index contributed by atoms with van der Waals surface area (Å²) >= 11 is 0. The van der Waals surface area contributed by atoms with Crippen LogP contribution in [-0.4, -0.2) is 12.2 Å². The van der Waals surface area contributed by atoms with Crippen molar-refractivity contribution in [2.75, 3.05) is 12.8 Å². The Hall–Kier alpha value is -1.22. The molecule has 0 unspecified atom stereocenters. The van der Waals surface area contributed by atoms with Crippen LogP contribution in [-0.2, 0) is 11.3 Å². The fourth-order valence-electron chi connectivity index (χ4n) is 0.883. The molecule has 1 aromatic carbocycles. The third-order valence-corrected chi connectivity index (χ3v) is 1.45. The van der Waals surface area contributed by atoms with Crippen LogP contribution in [0, 0.1) is 0 Å². The Morgan fingerprint density at radius 3 is 2.91 bits per heavy atom. The zero-order chi connectivity index (χ0) is 8.27. The zero-order valence-corrected chi connectivity index (χ0v) is 6.37. The molecule has 0 fully saturated rings. The van der Waals surface area contributed by atoms with E-state index in [9.17, 15) is 5.11 Å². The predicted molar refractivity (Wildman–Crippen MR) is 43.2 cm³/mol. The molecule has 0 bridgehead atoms. The molecule has 0 heterocycles. The van der Waals surface area contributed by atoms with Crippen LogP contribution in [0.15, 0.2) is 18.2 Å². The number of methoxy groups -OCH3 is 1. The van der Waals surface area contributed by atoms with Crippen molar-refractivity contribution >= 4 is 5.69 Å². The van der Waals surface area contributed by atoms with Gasteiger partial charge in [0, 0.05) is 12.7 Å². The summed E-state index contributed by atoms with van der Waals surface area (Å²) in [6.45, 7) is 0.386. The predicted octanol–water partition coefficient (Wildman–Crippen LogP) is 1.12. The van der Waals surface area contributed by atoms with Crippen molar-refractivity contribution in [3.8, 4) is 5.75 Å². The lowest BCUT2D eigenvalue weighted by molar-refractivity contribution is 0.182. The topological polar surface area (TPSA) is 55.5 Å². The molecular formula is C8H11NO2. The fraction of sp³-hybridized carbons (Fsp3) is 0.250. The molecule has 0 amide bonds. The first-order valence-electron chi connectivity index (χ1n) is 3.31. The Morgan fingerprint density at radius 1 is 1.55 bits per heavy atom. The van der Waals surface area contributed by atoms with Crippen molar-refractivity contribution in [2.45, 2.75) is 6.61 Å². The lowest BCUT2D eigenvalue weighted by Crippen LogP contribution is -1.92. The summed E-state index contributed by atoms with van der Waals surface area (Å²) in [5.74, 6) is 0.120. The number of nitrogens with two attached hydrogens (primary N) is 1. The molecule has 0 aromatic heterocycles. The maximum absolute atomic E-state index is 9.32. The van der Waals surface area contributed by atoms with Gasteiger partial charge in [-0.25, -0.2) is 0 Å². The third-order valence-electron chi connectivity index (χ3n) is 1.45. The molecule has 0 aliphatic rings. The first-order valence-corrected chi connectivity index (χ1v) is 3.31. The molecule has 3 heteroatoms. The van der Waals surface area contributed by atoms with Gasteiger partial charge in [0.05, 0.1) is 12.3 Å². The molecule has 1 rings (SSSR count). The summed E-state index contributed by atoms with van der Waals surface area (Å²) in [6.07, 6.45) is 0. The van der Waals surface area contributed by atoms with E-state index in [0.717, 1.165) is 0 Å². The second-order valence-corrected chi connectivity index (χ2v) is 2.29. The number of hydrogen-bond acceptors (Lipinski definition) is 3. The van der Waals surface area contributed by atoms with Crippen LogP contribution in [0.4, 0.5) is 5.69 Å². The standard InChI is InChI=1S/C8H11NO2/c1-11-5-6-3-2-4-7(9)8(6)10/h2-4,10H,5,9H2,1H3. The van der Waals surface area contributed by atoms with Crippen molar-refractivity contribution in [1.29, 1.82) is 0 Å². The Morgan fingerprint density at radius 2 is 2.27 bits per heavy atom. The molecular weight excluding hydrogens is 142 g/mol. The number of nitrogen functional groups attached to an aromatic ring is 1. The molecule has 0 radical (unpaired) electrons. The minimum atomic E-state index is 0.120. The first kappa shape index (κ1) is 7.88. The number of phenolic OH excluding ortho intramolecular Hbond substituents is 1. The van der Waals surface area contributed by atoms with Gasteiger partial charge in [0.2, 0.25) is 0 Å². The minimum Gasteiger partial charge on any atom is -0.505 e. The van der Waals surface area contributed by atoms with E-state index >= 15 is 0 Å². The molecule has 0 aliphatic heterocycles. The Bertz CT molecular complexity index is 248. The summed E-state index contributed by atoms with van der Waals surface area (Å²) in [7, 11) is 1.57. The number of ether oxygens (including phenoxy) is 1. The number of para-hydroxylation sites is 1. The van der Waals surface area contributed by atoms with Crippen LogP contribution in [0.3, 0.4) is 0 Å². The molecule has 11 heavy (non-hydrogen) atoms. The van der Waals surface area contributed by atoms with Crippen molar-refractivity contribution in [3.05, 3.63) is 23.8 Å². The lowest BCUT2D eigenvalue weighted by Gasteiger charge is -2.04. The highest BCUT2D eigenvalue weighted by atomic mass is 16.5. The van der Waals surface area contributed by atoms with Gasteiger partial charge in [-0.15, -0.1) is 0 Å². The number of hydrogen-bond donors (Lipinski definition) is 2. The Kier molecular flexibility index (Phi) is 2.33. The van der Waals surface area contributed by atoms with Gasteiger partial charge in [-0.1, -0.05) is 12.1 Å². The van der Waals surface area contributed by atoms with E-state index in [-0.39, 0.29) is 5.75 Å². The van der Waals surface area contributed by atoms with Gasteiger partial charge >= 0.3 is 0 Å². The van der Waals surface area contributed by atoms with E-state index in [0.29, 0.717) is 17.9 Å². The van der Waals surface area contributed by atoms with Crippen LogP contribution in [0.1, 0.15) is 5.56 Å². The molecule has 0 saturated heterocycles. The molecule has 1 aromatic rings. The second kappa shape index (κ2) is 3.25. The molecule has 0 spiro atoms. The first-order chi connectivity index (χ1) is 5.25. The zero-order valence-electron chi connectivity index (χ0n) is 6.37. The molecule has 0 saturated carbocycles. The smallest absolute Gasteiger partial charge is 0.143 e. The monoisotopic (exact) mass is 153 g/mol. The number of phenols is 1. The van der Waals surface area contributed by atoms with Crippen molar-refractivity contribution in [3.63, 3.8) is 0 Å². The number of rotatable bonds is 2. The number of anilines is 1. The highest BCUT2D eigenvalue weighted by Gasteiger charge is 2.01. The van der Waals surface area contributed by atoms with E-state index in [4.69, 9.17) is 10.5 Å². The van der Waals surface area contributed by atoms with Crippen LogP contribution >= 0.6 is 0 Å². The van der Waals surface area contributed by atoms with E-state index in [2.05, 4.69) is 0 Å². The van der Waals surface area contributed by atoms with Crippen LogP contribution in [0.25, 0.3) is 0 Å².